The van der Waals surface area contributed by atoms with Crippen LogP contribution in [-0.2, 0) is 19.1 Å². The molecule has 0 radical (unpaired) electrons. The van der Waals surface area contributed by atoms with E-state index in [2.05, 4.69) is 51.2 Å². The molecule has 1 aromatic carbocycles. The number of ether oxygens (including phenoxy) is 2. The van der Waals surface area contributed by atoms with Gasteiger partial charge in [-0.1, -0.05) is 86.1 Å². The summed E-state index contributed by atoms with van der Waals surface area (Å²) in [5.41, 5.74) is 0.0569. The third kappa shape index (κ3) is 4.09. The molecule has 1 aromatic rings. The van der Waals surface area contributed by atoms with Crippen molar-refractivity contribution in [2.75, 3.05) is 14.2 Å². The van der Waals surface area contributed by atoms with Crippen LogP contribution >= 0.6 is 0 Å². The summed E-state index contributed by atoms with van der Waals surface area (Å²) in [5, 5.41) is 2.86. The van der Waals surface area contributed by atoms with Gasteiger partial charge in [0.1, 0.15) is 8.07 Å². The average molecular weight is 403 g/mol. The third-order valence-corrected chi connectivity index (χ3v) is 10.2. The molecule has 0 aliphatic heterocycles. The second-order valence-electron chi connectivity index (χ2n) is 8.45. The maximum absolute atomic E-state index is 12.6. The third-order valence-electron chi connectivity index (χ3n) is 6.31. The summed E-state index contributed by atoms with van der Waals surface area (Å²) in [5.74, 6) is -0.800. The summed E-state index contributed by atoms with van der Waals surface area (Å²) < 4.78 is 10.1. The van der Waals surface area contributed by atoms with E-state index < -0.39 is 25.4 Å². The zero-order valence-electron chi connectivity index (χ0n) is 18.1. The molecule has 1 saturated carbocycles. The van der Waals surface area contributed by atoms with Crippen molar-refractivity contribution in [2.45, 2.75) is 59.0 Å². The van der Waals surface area contributed by atoms with Crippen LogP contribution in [0.2, 0.25) is 13.1 Å². The van der Waals surface area contributed by atoms with Crippen LogP contribution in [0.3, 0.4) is 0 Å². The van der Waals surface area contributed by atoms with Crippen molar-refractivity contribution in [2.24, 2.45) is 11.3 Å². The molecule has 28 heavy (non-hydrogen) atoms. The lowest BCUT2D eigenvalue weighted by Gasteiger charge is -2.30. The summed E-state index contributed by atoms with van der Waals surface area (Å²) in [6.07, 6.45) is 4.11. The first-order valence-electron chi connectivity index (χ1n) is 10.2. The normalized spacial score (nSPS) is 20.6. The fourth-order valence-corrected chi connectivity index (χ4v) is 7.98. The Balaban J connectivity index is 2.60. The topological polar surface area (TPSA) is 52.6 Å². The average Bonchev–Trinajstić information content (AvgIpc) is 3.05. The molecule has 1 fully saturated rings. The number of unbranched alkanes of at least 4 members (excludes halogenated alkanes) is 1. The van der Waals surface area contributed by atoms with Crippen LogP contribution in [-0.4, -0.2) is 34.2 Å². The number of benzene rings is 1. The van der Waals surface area contributed by atoms with Gasteiger partial charge in [0.15, 0.2) is 5.41 Å². The summed E-state index contributed by atoms with van der Waals surface area (Å²) in [7, 11) is 0.765. The molecule has 0 amide bonds. The Morgan fingerprint density at radius 3 is 2.18 bits per heavy atom. The van der Waals surface area contributed by atoms with Crippen molar-refractivity contribution < 1.29 is 19.1 Å². The SMILES string of the molecule is CCCC/C(=C1/CC(C(=O)OC)(C(=O)OC)CC1C)[Si](C)(C)c1ccccc1. The van der Waals surface area contributed by atoms with Crippen molar-refractivity contribution in [3.63, 3.8) is 0 Å². The first-order valence-corrected chi connectivity index (χ1v) is 13.2. The van der Waals surface area contributed by atoms with Gasteiger partial charge in [-0.25, -0.2) is 0 Å². The lowest BCUT2D eigenvalue weighted by Crippen LogP contribution is -2.45. The Morgan fingerprint density at radius 1 is 1.11 bits per heavy atom. The van der Waals surface area contributed by atoms with E-state index in [1.165, 1.54) is 30.2 Å². The molecule has 0 N–H and O–H groups in total. The van der Waals surface area contributed by atoms with Gasteiger partial charge < -0.3 is 9.47 Å². The number of hydrogen-bond donors (Lipinski definition) is 0. The minimum Gasteiger partial charge on any atom is -0.468 e. The minimum absolute atomic E-state index is 0.153. The van der Waals surface area contributed by atoms with Crippen LogP contribution in [0.1, 0.15) is 46.0 Å². The van der Waals surface area contributed by atoms with Crippen LogP contribution < -0.4 is 5.19 Å². The monoisotopic (exact) mass is 402 g/mol. The van der Waals surface area contributed by atoms with Gasteiger partial charge in [-0.2, -0.15) is 0 Å². The molecule has 0 spiro atoms. The fourth-order valence-electron chi connectivity index (χ4n) is 4.66. The second kappa shape index (κ2) is 9.08. The van der Waals surface area contributed by atoms with Crippen molar-refractivity contribution in [3.05, 3.63) is 41.1 Å². The number of rotatable bonds is 7. The predicted molar refractivity (Wildman–Crippen MR) is 115 cm³/mol. The summed E-state index contributed by atoms with van der Waals surface area (Å²) in [4.78, 5) is 25.3. The molecule has 154 valence electrons. The number of methoxy groups -OCH3 is 2. The van der Waals surface area contributed by atoms with E-state index >= 15 is 0 Å². The number of allylic oxidation sites excluding steroid dienone is 2. The molecule has 0 bridgehead atoms. The van der Waals surface area contributed by atoms with E-state index in [0.29, 0.717) is 12.8 Å². The molecule has 1 unspecified atom stereocenters. The molecule has 1 aliphatic rings. The van der Waals surface area contributed by atoms with Gasteiger partial charge >= 0.3 is 11.9 Å². The quantitative estimate of drug-likeness (QED) is 0.386. The maximum atomic E-state index is 12.6. The van der Waals surface area contributed by atoms with Crippen molar-refractivity contribution in [3.8, 4) is 0 Å². The molecule has 0 saturated heterocycles. The number of esters is 2. The van der Waals surface area contributed by atoms with Gasteiger partial charge in [-0.15, -0.1) is 0 Å². The minimum atomic E-state index is -1.93. The molecule has 0 heterocycles. The van der Waals surface area contributed by atoms with Gasteiger partial charge in [0.05, 0.1) is 14.2 Å². The van der Waals surface area contributed by atoms with Gasteiger partial charge in [0.25, 0.3) is 0 Å². The lowest BCUT2D eigenvalue weighted by atomic mass is 9.85. The molecule has 0 aromatic heterocycles. The Morgan fingerprint density at radius 2 is 1.68 bits per heavy atom. The first-order chi connectivity index (χ1) is 13.2. The van der Waals surface area contributed by atoms with E-state index in [-0.39, 0.29) is 5.92 Å². The van der Waals surface area contributed by atoms with Gasteiger partial charge in [0, 0.05) is 0 Å². The highest BCUT2D eigenvalue weighted by Crippen LogP contribution is 2.49. The van der Waals surface area contributed by atoms with Crippen LogP contribution in [0.5, 0.6) is 0 Å². The van der Waals surface area contributed by atoms with Crippen LogP contribution in [0, 0.1) is 11.3 Å². The summed E-state index contributed by atoms with van der Waals surface area (Å²) >= 11 is 0. The van der Waals surface area contributed by atoms with E-state index in [9.17, 15) is 9.59 Å². The highest BCUT2D eigenvalue weighted by molar-refractivity contribution is 6.95. The smallest absolute Gasteiger partial charge is 0.323 e. The Bertz CT molecular complexity index is 720. The van der Waals surface area contributed by atoms with E-state index in [1.807, 2.05) is 6.07 Å². The van der Waals surface area contributed by atoms with Crippen LogP contribution in [0.25, 0.3) is 0 Å². The van der Waals surface area contributed by atoms with Crippen molar-refractivity contribution in [1.29, 1.82) is 0 Å². The fraction of sp³-hybridized carbons (Fsp3) is 0.565. The van der Waals surface area contributed by atoms with Crippen molar-refractivity contribution >= 4 is 25.2 Å². The van der Waals surface area contributed by atoms with E-state index in [4.69, 9.17) is 9.47 Å². The van der Waals surface area contributed by atoms with Crippen molar-refractivity contribution in [1.82, 2.24) is 0 Å². The highest BCUT2D eigenvalue weighted by atomic mass is 28.3. The van der Waals surface area contributed by atoms with Gasteiger partial charge in [-0.05, 0) is 25.2 Å². The second-order valence-corrected chi connectivity index (χ2v) is 12.9. The standard InChI is InChI=1S/C23H34O4Si/c1-7-8-14-20(28(5,6)18-12-10-9-11-13-18)19-16-23(15-17(19)2,21(24)26-3)22(25)27-4/h9-13,17H,7-8,14-16H2,1-6H3/b20-19+. The Kier molecular flexibility index (Phi) is 7.26. The molecule has 4 nitrogen and oxygen atoms in total. The molecular weight excluding hydrogens is 368 g/mol. The Hall–Kier alpha value is -1.88. The summed E-state index contributed by atoms with van der Waals surface area (Å²) in [6, 6.07) is 10.7. The number of carbonyl (C=O) groups is 2. The highest BCUT2D eigenvalue weighted by Gasteiger charge is 2.55. The molecular formula is C23H34O4Si. The zero-order chi connectivity index (χ0) is 20.9. The number of hydrogen-bond acceptors (Lipinski definition) is 4. The molecule has 1 atom stereocenters. The van der Waals surface area contributed by atoms with Crippen LogP contribution in [0.15, 0.2) is 41.1 Å². The molecule has 2 rings (SSSR count). The molecule has 1 aliphatic carbocycles. The molecule has 5 heteroatoms. The van der Waals surface area contributed by atoms with E-state index in [1.54, 1.807) is 0 Å². The largest absolute Gasteiger partial charge is 0.468 e. The predicted octanol–water partition coefficient (Wildman–Crippen LogP) is 4.39. The first kappa shape index (κ1) is 22.4. The zero-order valence-corrected chi connectivity index (χ0v) is 19.1. The maximum Gasteiger partial charge on any atom is 0.323 e. The Labute approximate surface area is 170 Å². The van der Waals surface area contributed by atoms with E-state index in [0.717, 1.165) is 19.3 Å². The van der Waals surface area contributed by atoms with Gasteiger partial charge in [-0.3, -0.25) is 9.59 Å². The van der Waals surface area contributed by atoms with Crippen LogP contribution in [0.4, 0.5) is 0 Å². The lowest BCUT2D eigenvalue weighted by molar-refractivity contribution is -0.168. The summed E-state index contributed by atoms with van der Waals surface area (Å²) in [6.45, 7) is 9.08. The van der Waals surface area contributed by atoms with Gasteiger partial charge in [0.2, 0.25) is 0 Å². The number of carbonyl (C=O) groups excluding carboxylic acids is 2.